The van der Waals surface area contributed by atoms with Crippen LogP contribution in [0.4, 0.5) is 26.3 Å². The summed E-state index contributed by atoms with van der Waals surface area (Å²) in [7, 11) is 0. The van der Waals surface area contributed by atoms with Crippen molar-refractivity contribution in [3.63, 3.8) is 0 Å². The van der Waals surface area contributed by atoms with Gasteiger partial charge in [0, 0.05) is 11.7 Å². The standard InChI is InChI=1S/C8H7N.C4H4F6/c1-2-4-8-7(3-1)5-6-9-8;5-3(6,7)1-2-4(8,9)10/h1-6,9H;1-2H2. The molecule has 0 amide bonds. The number of halogens is 6. The second-order valence-electron chi connectivity index (χ2n) is 3.80. The number of hydrogen-bond acceptors (Lipinski definition) is 0. The van der Waals surface area contributed by atoms with E-state index in [0.29, 0.717) is 0 Å². The minimum Gasteiger partial charge on any atom is -0.361 e. The van der Waals surface area contributed by atoms with Crippen molar-refractivity contribution in [1.29, 1.82) is 0 Å². The van der Waals surface area contributed by atoms with Crippen LogP contribution < -0.4 is 0 Å². The lowest BCUT2D eigenvalue weighted by atomic mass is 10.3. The molecule has 1 nitrogen and oxygen atoms in total. The molecule has 2 rings (SSSR count). The van der Waals surface area contributed by atoms with E-state index in [-0.39, 0.29) is 0 Å². The zero-order valence-corrected chi connectivity index (χ0v) is 9.65. The molecule has 0 saturated carbocycles. The highest BCUT2D eigenvalue weighted by atomic mass is 19.4. The average Bonchev–Trinajstić information content (AvgIpc) is 2.73. The van der Waals surface area contributed by atoms with Crippen LogP contribution in [0.1, 0.15) is 12.8 Å². The number of para-hydroxylation sites is 1. The summed E-state index contributed by atoms with van der Waals surface area (Å²) in [5.41, 5.74) is 1.21. The molecule has 1 N–H and O–H groups in total. The summed E-state index contributed by atoms with van der Waals surface area (Å²) in [5.74, 6) is 0. The number of fused-ring (bicyclic) bond motifs is 1. The van der Waals surface area contributed by atoms with Gasteiger partial charge in [-0.05, 0) is 17.5 Å². The molecule has 106 valence electrons. The van der Waals surface area contributed by atoms with Gasteiger partial charge in [0.25, 0.3) is 0 Å². The van der Waals surface area contributed by atoms with Crippen LogP contribution in [0.5, 0.6) is 0 Å². The first kappa shape index (κ1) is 15.4. The Kier molecular flexibility index (Phi) is 4.85. The number of rotatable bonds is 1. The Morgan fingerprint density at radius 1 is 0.789 bits per heavy atom. The van der Waals surface area contributed by atoms with Crippen LogP contribution in [0.2, 0.25) is 0 Å². The maximum absolute atomic E-state index is 11.1. The van der Waals surface area contributed by atoms with Gasteiger partial charge >= 0.3 is 12.4 Å². The van der Waals surface area contributed by atoms with Crippen molar-refractivity contribution >= 4 is 10.9 Å². The molecule has 0 atom stereocenters. The molecule has 19 heavy (non-hydrogen) atoms. The number of H-pyrrole nitrogens is 1. The van der Waals surface area contributed by atoms with E-state index in [9.17, 15) is 26.3 Å². The van der Waals surface area contributed by atoms with Gasteiger partial charge in [-0.2, -0.15) is 26.3 Å². The fourth-order valence-electron chi connectivity index (χ4n) is 1.28. The van der Waals surface area contributed by atoms with Crippen molar-refractivity contribution in [1.82, 2.24) is 4.98 Å². The summed E-state index contributed by atoms with van der Waals surface area (Å²) in [6.45, 7) is 0. The zero-order valence-electron chi connectivity index (χ0n) is 9.65. The number of nitrogens with one attached hydrogen (secondary N) is 1. The van der Waals surface area contributed by atoms with E-state index in [4.69, 9.17) is 0 Å². The first-order chi connectivity index (χ1) is 8.67. The van der Waals surface area contributed by atoms with Crippen molar-refractivity contribution in [2.24, 2.45) is 0 Å². The predicted octanol–water partition coefficient (Wildman–Crippen LogP) is 5.06. The third kappa shape index (κ3) is 6.73. The number of hydrogen-bond donors (Lipinski definition) is 1. The molecular formula is C12H11F6N. The molecule has 0 fully saturated rings. The van der Waals surface area contributed by atoms with Gasteiger partial charge in [0.15, 0.2) is 0 Å². The number of aromatic amines is 1. The van der Waals surface area contributed by atoms with Crippen molar-refractivity contribution in [3.8, 4) is 0 Å². The third-order valence-corrected chi connectivity index (χ3v) is 2.15. The van der Waals surface area contributed by atoms with Crippen LogP contribution in [0, 0.1) is 0 Å². The van der Waals surface area contributed by atoms with Crippen molar-refractivity contribution < 1.29 is 26.3 Å². The highest BCUT2D eigenvalue weighted by Crippen LogP contribution is 2.29. The highest BCUT2D eigenvalue weighted by Gasteiger charge is 2.36. The molecule has 0 aliphatic heterocycles. The van der Waals surface area contributed by atoms with Gasteiger partial charge in [-0.1, -0.05) is 18.2 Å². The van der Waals surface area contributed by atoms with Crippen LogP contribution >= 0.6 is 0 Å². The van der Waals surface area contributed by atoms with Crippen LogP contribution in [-0.2, 0) is 0 Å². The van der Waals surface area contributed by atoms with E-state index in [2.05, 4.69) is 23.2 Å². The fourth-order valence-corrected chi connectivity index (χ4v) is 1.28. The van der Waals surface area contributed by atoms with E-state index in [0.717, 1.165) is 0 Å². The predicted molar refractivity (Wildman–Crippen MR) is 59.6 cm³/mol. The molecule has 1 aromatic heterocycles. The van der Waals surface area contributed by atoms with Gasteiger partial charge in [-0.25, -0.2) is 0 Å². The lowest BCUT2D eigenvalue weighted by Crippen LogP contribution is -2.15. The molecule has 0 saturated heterocycles. The van der Waals surface area contributed by atoms with Crippen LogP contribution in [0.15, 0.2) is 36.5 Å². The Morgan fingerprint density at radius 3 is 1.79 bits per heavy atom. The quantitative estimate of drug-likeness (QED) is 0.704. The Morgan fingerprint density at radius 2 is 1.32 bits per heavy atom. The maximum atomic E-state index is 11.1. The molecule has 1 aromatic carbocycles. The van der Waals surface area contributed by atoms with E-state index in [1.54, 1.807) is 0 Å². The zero-order chi connectivity index (χ0) is 14.5. The van der Waals surface area contributed by atoms with Gasteiger partial charge in [0.05, 0.1) is 12.8 Å². The Bertz CT molecular complexity index is 452. The topological polar surface area (TPSA) is 15.8 Å². The smallest absolute Gasteiger partial charge is 0.361 e. The molecule has 0 aliphatic carbocycles. The van der Waals surface area contributed by atoms with Crippen molar-refractivity contribution in [2.75, 3.05) is 0 Å². The average molecular weight is 283 g/mol. The molecule has 0 spiro atoms. The Hall–Kier alpha value is -1.66. The maximum Gasteiger partial charge on any atom is 0.389 e. The fraction of sp³-hybridized carbons (Fsp3) is 0.333. The number of aromatic nitrogens is 1. The summed E-state index contributed by atoms with van der Waals surface area (Å²) in [4.78, 5) is 3.12. The lowest BCUT2D eigenvalue weighted by Gasteiger charge is -2.07. The van der Waals surface area contributed by atoms with E-state index < -0.39 is 25.2 Å². The Labute approximate surface area is 105 Å². The number of benzene rings is 1. The number of alkyl halides is 6. The monoisotopic (exact) mass is 283 g/mol. The van der Waals surface area contributed by atoms with Crippen molar-refractivity contribution in [3.05, 3.63) is 36.5 Å². The molecule has 2 aromatic rings. The second kappa shape index (κ2) is 5.99. The van der Waals surface area contributed by atoms with Gasteiger partial charge in [-0.15, -0.1) is 0 Å². The van der Waals surface area contributed by atoms with Crippen LogP contribution in [0.25, 0.3) is 10.9 Å². The summed E-state index contributed by atoms with van der Waals surface area (Å²) in [5, 5.41) is 1.28. The molecular weight excluding hydrogens is 272 g/mol. The molecule has 0 unspecified atom stereocenters. The minimum atomic E-state index is -4.71. The molecule has 0 bridgehead atoms. The van der Waals surface area contributed by atoms with Crippen molar-refractivity contribution in [2.45, 2.75) is 25.2 Å². The first-order valence-electron chi connectivity index (χ1n) is 5.33. The normalized spacial score (nSPS) is 12.1. The molecule has 0 aliphatic rings. The molecule has 0 radical (unpaired) electrons. The van der Waals surface area contributed by atoms with Crippen LogP contribution in [0.3, 0.4) is 0 Å². The van der Waals surface area contributed by atoms with Gasteiger partial charge < -0.3 is 4.98 Å². The lowest BCUT2D eigenvalue weighted by molar-refractivity contribution is -0.183. The summed E-state index contributed by atoms with van der Waals surface area (Å²) in [6, 6.07) is 10.3. The van der Waals surface area contributed by atoms with E-state index in [1.807, 2.05) is 18.3 Å². The molecule has 1 heterocycles. The summed E-state index contributed by atoms with van der Waals surface area (Å²) < 4.78 is 66.5. The minimum absolute atomic E-state index is 1.21. The Balaban J connectivity index is 0.000000190. The van der Waals surface area contributed by atoms with E-state index >= 15 is 0 Å². The largest absolute Gasteiger partial charge is 0.389 e. The summed E-state index contributed by atoms with van der Waals surface area (Å²) >= 11 is 0. The van der Waals surface area contributed by atoms with E-state index in [1.165, 1.54) is 10.9 Å². The van der Waals surface area contributed by atoms with Gasteiger partial charge in [-0.3, -0.25) is 0 Å². The third-order valence-electron chi connectivity index (χ3n) is 2.15. The summed E-state index contributed by atoms with van der Waals surface area (Å²) in [6.07, 6.45) is -11.1. The van der Waals surface area contributed by atoms with Gasteiger partial charge in [0.1, 0.15) is 0 Å². The molecule has 7 heteroatoms. The second-order valence-corrected chi connectivity index (χ2v) is 3.80. The van der Waals surface area contributed by atoms with Gasteiger partial charge in [0.2, 0.25) is 0 Å². The SMILES string of the molecule is FC(F)(F)CCC(F)(F)F.c1ccc2[nH]ccc2c1. The first-order valence-corrected chi connectivity index (χ1v) is 5.33. The van der Waals surface area contributed by atoms with Crippen LogP contribution in [-0.4, -0.2) is 17.3 Å². The highest BCUT2D eigenvalue weighted by molar-refractivity contribution is 5.78.